The molecule has 1 aromatic heterocycles. The Bertz CT molecular complexity index is 1150. The summed E-state index contributed by atoms with van der Waals surface area (Å²) >= 11 is 0. The van der Waals surface area contributed by atoms with E-state index in [9.17, 15) is 4.79 Å². The maximum Gasteiger partial charge on any atom is 0.213 e. The molecule has 4 rings (SSSR count). The summed E-state index contributed by atoms with van der Waals surface area (Å²) in [6.45, 7) is 0.492. The van der Waals surface area contributed by atoms with Crippen LogP contribution in [0.25, 0.3) is 11.3 Å². The number of pyridine rings is 1. The van der Waals surface area contributed by atoms with Crippen LogP contribution in [0.1, 0.15) is 36.8 Å². The molecule has 6 nitrogen and oxygen atoms in total. The molecule has 2 aromatic carbocycles. The van der Waals surface area contributed by atoms with Crippen LogP contribution in [-0.4, -0.2) is 44.8 Å². The Kier molecular flexibility index (Phi) is 8.95. The van der Waals surface area contributed by atoms with Crippen molar-refractivity contribution in [3.05, 3.63) is 71.8 Å². The Morgan fingerprint density at radius 2 is 1.64 bits per heavy atom. The van der Waals surface area contributed by atoms with Gasteiger partial charge in [0, 0.05) is 37.5 Å². The molecule has 0 radical (unpaired) electrons. The molecule has 6 heteroatoms. The number of benzene rings is 2. The highest BCUT2D eigenvalue weighted by Crippen LogP contribution is 2.29. The van der Waals surface area contributed by atoms with Crippen LogP contribution < -0.4 is 14.2 Å². The fourth-order valence-electron chi connectivity index (χ4n) is 4.77. The first-order chi connectivity index (χ1) is 17.6. The van der Waals surface area contributed by atoms with Crippen LogP contribution in [0.2, 0.25) is 0 Å². The maximum absolute atomic E-state index is 12.9. The van der Waals surface area contributed by atoms with Gasteiger partial charge in [-0.05, 0) is 61.1 Å². The van der Waals surface area contributed by atoms with E-state index in [1.165, 1.54) is 0 Å². The number of carbonyl (C=O) groups excluding carboxylic acids is 1. The molecule has 0 unspecified atom stereocenters. The molecular weight excluding hydrogens is 454 g/mol. The Labute approximate surface area is 213 Å². The topological polar surface area (TPSA) is 66.9 Å². The zero-order valence-electron chi connectivity index (χ0n) is 21.4. The zero-order chi connectivity index (χ0) is 25.3. The first-order valence-electron chi connectivity index (χ1n) is 12.5. The first-order valence-corrected chi connectivity index (χ1v) is 12.5. The number of Topliss-reactive ketones (excluding diaryl/α,β-unsaturated/α-hetero) is 1. The molecule has 0 spiro atoms. The molecule has 1 aliphatic rings. The molecule has 1 saturated carbocycles. The van der Waals surface area contributed by atoms with Gasteiger partial charge in [-0.25, -0.2) is 4.98 Å². The normalized spacial score (nSPS) is 17.4. The van der Waals surface area contributed by atoms with E-state index in [1.54, 1.807) is 21.3 Å². The van der Waals surface area contributed by atoms with Crippen molar-refractivity contribution in [1.82, 2.24) is 4.98 Å². The molecule has 0 atom stereocenters. The van der Waals surface area contributed by atoms with Gasteiger partial charge in [0.1, 0.15) is 5.78 Å². The van der Waals surface area contributed by atoms with E-state index in [0.717, 1.165) is 54.5 Å². The molecule has 3 aromatic rings. The molecule has 1 aliphatic carbocycles. The van der Waals surface area contributed by atoms with Crippen molar-refractivity contribution in [3.63, 3.8) is 0 Å². The van der Waals surface area contributed by atoms with Crippen LogP contribution in [-0.2, 0) is 22.4 Å². The minimum Gasteiger partial charge on any atom is -0.493 e. The third-order valence-corrected chi connectivity index (χ3v) is 6.88. The van der Waals surface area contributed by atoms with Crippen LogP contribution in [0.15, 0.2) is 60.7 Å². The van der Waals surface area contributed by atoms with E-state index in [1.807, 2.05) is 54.6 Å². The van der Waals surface area contributed by atoms with Crippen molar-refractivity contribution in [2.24, 2.45) is 5.92 Å². The molecule has 0 bridgehead atoms. The van der Waals surface area contributed by atoms with Crippen molar-refractivity contribution < 1.29 is 23.7 Å². The van der Waals surface area contributed by atoms with E-state index in [4.69, 9.17) is 23.9 Å². The molecule has 36 heavy (non-hydrogen) atoms. The number of rotatable bonds is 11. The molecular formula is C30H35NO5. The number of hydrogen-bond donors (Lipinski definition) is 0. The van der Waals surface area contributed by atoms with Crippen LogP contribution >= 0.6 is 0 Å². The second kappa shape index (κ2) is 12.5. The predicted octanol–water partition coefficient (Wildman–Crippen LogP) is 5.70. The minimum absolute atomic E-state index is 0.139. The highest BCUT2D eigenvalue weighted by Gasteiger charge is 2.26. The van der Waals surface area contributed by atoms with Gasteiger partial charge < -0.3 is 18.9 Å². The summed E-state index contributed by atoms with van der Waals surface area (Å²) in [7, 11) is 5.01. The average molecular weight is 490 g/mol. The van der Waals surface area contributed by atoms with Crippen LogP contribution in [0.5, 0.6) is 17.4 Å². The predicted molar refractivity (Wildman–Crippen MR) is 140 cm³/mol. The van der Waals surface area contributed by atoms with Gasteiger partial charge in [0.2, 0.25) is 5.88 Å². The molecule has 1 heterocycles. The van der Waals surface area contributed by atoms with Gasteiger partial charge in [-0.15, -0.1) is 0 Å². The van der Waals surface area contributed by atoms with Crippen molar-refractivity contribution in [1.29, 1.82) is 0 Å². The average Bonchev–Trinajstić information content (AvgIpc) is 2.93. The smallest absolute Gasteiger partial charge is 0.213 e. The lowest BCUT2D eigenvalue weighted by molar-refractivity contribution is -0.123. The van der Waals surface area contributed by atoms with Crippen molar-refractivity contribution >= 4 is 5.78 Å². The molecule has 190 valence electrons. The third kappa shape index (κ3) is 6.64. The molecule has 1 fully saturated rings. The molecule has 0 N–H and O–H groups in total. The summed E-state index contributed by atoms with van der Waals surface area (Å²) in [6.07, 6.45) is 5.25. The lowest BCUT2D eigenvalue weighted by Crippen LogP contribution is -2.26. The van der Waals surface area contributed by atoms with Gasteiger partial charge in [-0.2, -0.15) is 0 Å². The second-order valence-electron chi connectivity index (χ2n) is 9.20. The van der Waals surface area contributed by atoms with E-state index < -0.39 is 0 Å². The number of ether oxygens (including phenoxy) is 4. The van der Waals surface area contributed by atoms with Crippen molar-refractivity contribution in [2.75, 3.05) is 27.9 Å². The van der Waals surface area contributed by atoms with Gasteiger partial charge in [-0.1, -0.05) is 30.3 Å². The first kappa shape index (κ1) is 25.7. The lowest BCUT2D eigenvalue weighted by Gasteiger charge is -2.26. The number of hydrogen-bond acceptors (Lipinski definition) is 6. The van der Waals surface area contributed by atoms with Crippen molar-refractivity contribution in [2.45, 2.75) is 44.6 Å². The van der Waals surface area contributed by atoms with Gasteiger partial charge in [0.15, 0.2) is 11.5 Å². The van der Waals surface area contributed by atoms with E-state index in [0.29, 0.717) is 42.3 Å². The van der Waals surface area contributed by atoms with Crippen LogP contribution in [0.4, 0.5) is 0 Å². The van der Waals surface area contributed by atoms with Crippen molar-refractivity contribution in [3.8, 4) is 28.6 Å². The number of aromatic nitrogens is 1. The Morgan fingerprint density at radius 3 is 2.39 bits per heavy atom. The third-order valence-electron chi connectivity index (χ3n) is 6.88. The number of ketones is 1. The van der Waals surface area contributed by atoms with Gasteiger partial charge in [0.25, 0.3) is 0 Å². The summed E-state index contributed by atoms with van der Waals surface area (Å²) in [5.74, 6) is 2.45. The van der Waals surface area contributed by atoms with Gasteiger partial charge in [0.05, 0.1) is 32.6 Å². The Hall–Kier alpha value is -3.38. The summed E-state index contributed by atoms with van der Waals surface area (Å²) in [5, 5.41) is 0. The SMILES string of the molecule is COc1ccc(CCOc2cccc(-c3cccc(CC(=O)C4CCC(OC)CC4)c3)n2)cc1OC. The fourth-order valence-corrected chi connectivity index (χ4v) is 4.77. The summed E-state index contributed by atoms with van der Waals surface area (Å²) in [4.78, 5) is 17.6. The largest absolute Gasteiger partial charge is 0.493 e. The van der Waals surface area contributed by atoms with Crippen LogP contribution in [0, 0.1) is 5.92 Å². The minimum atomic E-state index is 0.139. The Balaban J connectivity index is 1.35. The number of carbonyl (C=O) groups is 1. The zero-order valence-corrected chi connectivity index (χ0v) is 21.4. The fraction of sp³-hybridized carbons (Fsp3) is 0.400. The summed E-state index contributed by atoms with van der Waals surface area (Å²) in [5.41, 5.74) is 3.92. The van der Waals surface area contributed by atoms with Gasteiger partial charge in [-0.3, -0.25) is 4.79 Å². The molecule has 0 saturated heterocycles. The quantitative estimate of drug-likeness (QED) is 0.344. The van der Waals surface area contributed by atoms with E-state index in [2.05, 4.69) is 6.07 Å². The summed E-state index contributed by atoms with van der Waals surface area (Å²) < 4.78 is 22.1. The van der Waals surface area contributed by atoms with E-state index >= 15 is 0 Å². The Morgan fingerprint density at radius 1 is 0.861 bits per heavy atom. The number of methoxy groups -OCH3 is 3. The van der Waals surface area contributed by atoms with Gasteiger partial charge >= 0.3 is 0 Å². The molecule has 0 aliphatic heterocycles. The highest BCUT2D eigenvalue weighted by atomic mass is 16.5. The monoisotopic (exact) mass is 489 g/mol. The standard InChI is InChI=1S/C30H35NO5/c1-33-25-13-11-23(12-14-25)27(32)19-22-6-4-7-24(18-22)26-8-5-9-30(31-26)36-17-16-21-10-15-28(34-2)29(20-21)35-3/h4-10,15,18,20,23,25H,11-14,16-17,19H2,1-3H3. The molecule has 0 amide bonds. The van der Waals surface area contributed by atoms with Crippen LogP contribution in [0.3, 0.4) is 0 Å². The summed E-state index contributed by atoms with van der Waals surface area (Å²) in [6, 6.07) is 19.7. The van der Waals surface area contributed by atoms with E-state index in [-0.39, 0.29) is 5.92 Å². The lowest BCUT2D eigenvalue weighted by atomic mass is 9.83. The highest BCUT2D eigenvalue weighted by molar-refractivity contribution is 5.83. The second-order valence-corrected chi connectivity index (χ2v) is 9.20. The maximum atomic E-state index is 12.9. The number of nitrogens with zero attached hydrogens (tertiary/aromatic N) is 1.